The highest BCUT2D eigenvalue weighted by atomic mass is 16.7. The molecule has 3 atom stereocenters. The molecule has 17 heavy (non-hydrogen) atoms. The molecule has 92 valence electrons. The van der Waals surface area contributed by atoms with Gasteiger partial charge in [0.2, 0.25) is 0 Å². The number of hydroxylamine groups is 2. The second kappa shape index (κ2) is 3.57. The normalized spacial score (nSPS) is 35.1. The summed E-state index contributed by atoms with van der Waals surface area (Å²) >= 11 is 0. The predicted molar refractivity (Wildman–Crippen MR) is 57.8 cm³/mol. The van der Waals surface area contributed by atoms with Crippen LogP contribution in [0.3, 0.4) is 0 Å². The van der Waals surface area contributed by atoms with E-state index in [0.717, 1.165) is 31.3 Å². The molecular weight excluding hydrogens is 222 g/mol. The second-order valence-corrected chi connectivity index (χ2v) is 4.98. The van der Waals surface area contributed by atoms with E-state index in [1.807, 2.05) is 0 Å². The molecule has 5 nitrogen and oxygen atoms in total. The summed E-state index contributed by atoms with van der Waals surface area (Å²) in [5.74, 6) is -0.739. The molecule has 1 unspecified atom stereocenters. The van der Waals surface area contributed by atoms with Crippen molar-refractivity contribution < 1.29 is 19.5 Å². The second-order valence-electron chi connectivity index (χ2n) is 4.98. The number of nitrogens with zero attached hydrogens (tertiary/aromatic N) is 1. The average Bonchev–Trinajstić information content (AvgIpc) is 2.47. The summed E-state index contributed by atoms with van der Waals surface area (Å²) in [6.45, 7) is 1.50. The maximum absolute atomic E-state index is 11.4. The monoisotopic (exact) mass is 237 g/mol. The Hall–Kier alpha value is -1.36. The Morgan fingerprint density at radius 2 is 2.18 bits per heavy atom. The maximum Gasteiger partial charge on any atom is 0.354 e. The molecule has 2 aliphatic heterocycles. The van der Waals surface area contributed by atoms with Gasteiger partial charge in [-0.05, 0) is 31.8 Å². The van der Waals surface area contributed by atoms with E-state index in [2.05, 4.69) is 0 Å². The molecule has 5 heteroatoms. The van der Waals surface area contributed by atoms with Crippen molar-refractivity contribution in [2.45, 2.75) is 44.8 Å². The number of carbonyl (C=O) groups is 2. The zero-order valence-electron chi connectivity index (χ0n) is 9.68. The van der Waals surface area contributed by atoms with E-state index in [-0.39, 0.29) is 23.4 Å². The third kappa shape index (κ3) is 1.35. The van der Waals surface area contributed by atoms with E-state index in [1.165, 1.54) is 12.0 Å². The molecule has 0 aromatic heterocycles. The summed E-state index contributed by atoms with van der Waals surface area (Å²) in [6.07, 6.45) is 3.50. The third-order valence-corrected chi connectivity index (χ3v) is 4.01. The number of Topliss-reactive ketones (excluding diaryl/α,β-unsaturated/α-hetero) is 1. The molecule has 0 bridgehead atoms. The topological polar surface area (TPSA) is 66.8 Å². The fraction of sp³-hybridized carbons (Fsp3) is 0.667. The molecular formula is C12H15NO4. The molecule has 1 saturated heterocycles. The number of carboxylic acid groups (broad SMARTS) is 1. The van der Waals surface area contributed by atoms with E-state index >= 15 is 0 Å². The SMILES string of the molecule is CC(=O)C1ON2C(C(=O)O)=C3CCCC[C@@H]3[C@H]12. The van der Waals surface area contributed by atoms with Crippen LogP contribution in [0.15, 0.2) is 11.3 Å². The van der Waals surface area contributed by atoms with Gasteiger partial charge in [-0.3, -0.25) is 9.63 Å². The van der Waals surface area contributed by atoms with Crippen molar-refractivity contribution in [2.24, 2.45) is 5.92 Å². The molecule has 1 N–H and O–H groups in total. The van der Waals surface area contributed by atoms with Gasteiger partial charge in [-0.25, -0.2) is 9.86 Å². The lowest BCUT2D eigenvalue weighted by Gasteiger charge is -2.45. The van der Waals surface area contributed by atoms with Crippen LogP contribution in [0.1, 0.15) is 32.6 Å². The highest BCUT2D eigenvalue weighted by Crippen LogP contribution is 2.49. The number of ketones is 1. The number of carbonyl (C=O) groups excluding carboxylic acids is 1. The van der Waals surface area contributed by atoms with Crippen molar-refractivity contribution in [1.82, 2.24) is 5.06 Å². The van der Waals surface area contributed by atoms with Gasteiger partial charge in [0.05, 0.1) is 6.04 Å². The van der Waals surface area contributed by atoms with Crippen LogP contribution in [-0.4, -0.2) is 34.1 Å². The number of hydrogen-bond acceptors (Lipinski definition) is 4. The minimum absolute atomic E-state index is 0.0113. The van der Waals surface area contributed by atoms with E-state index < -0.39 is 12.1 Å². The molecule has 0 radical (unpaired) electrons. The van der Waals surface area contributed by atoms with Gasteiger partial charge in [0.25, 0.3) is 0 Å². The average molecular weight is 237 g/mol. The summed E-state index contributed by atoms with van der Waals surface area (Å²) in [4.78, 5) is 28.0. The molecule has 3 aliphatic rings. The van der Waals surface area contributed by atoms with Crippen LogP contribution in [0, 0.1) is 5.92 Å². The fourth-order valence-electron chi connectivity index (χ4n) is 3.29. The Labute approximate surface area is 99.0 Å². The van der Waals surface area contributed by atoms with E-state index in [9.17, 15) is 14.7 Å². The lowest BCUT2D eigenvalue weighted by Crippen LogP contribution is -2.60. The Bertz CT molecular complexity index is 428. The largest absolute Gasteiger partial charge is 0.477 e. The van der Waals surface area contributed by atoms with Crippen LogP contribution in [-0.2, 0) is 14.4 Å². The Morgan fingerprint density at radius 3 is 2.82 bits per heavy atom. The molecule has 1 aliphatic carbocycles. The van der Waals surface area contributed by atoms with Crippen molar-refractivity contribution in [3.05, 3.63) is 11.3 Å². The van der Waals surface area contributed by atoms with Crippen LogP contribution in [0.4, 0.5) is 0 Å². The first kappa shape index (κ1) is 10.8. The lowest BCUT2D eigenvalue weighted by atomic mass is 9.79. The highest BCUT2D eigenvalue weighted by Gasteiger charge is 2.57. The van der Waals surface area contributed by atoms with Gasteiger partial charge in [-0.1, -0.05) is 6.42 Å². The molecule has 0 spiro atoms. The van der Waals surface area contributed by atoms with Gasteiger partial charge in [0, 0.05) is 5.92 Å². The van der Waals surface area contributed by atoms with Gasteiger partial charge in [0.15, 0.2) is 11.9 Å². The lowest BCUT2D eigenvalue weighted by molar-refractivity contribution is -0.303. The Morgan fingerprint density at radius 1 is 1.41 bits per heavy atom. The quantitative estimate of drug-likeness (QED) is 0.779. The zero-order chi connectivity index (χ0) is 12.2. The fourth-order valence-corrected chi connectivity index (χ4v) is 3.29. The van der Waals surface area contributed by atoms with Gasteiger partial charge >= 0.3 is 5.97 Å². The van der Waals surface area contributed by atoms with Gasteiger partial charge in [0.1, 0.15) is 5.70 Å². The number of hydrogen-bond donors (Lipinski definition) is 1. The highest BCUT2D eigenvalue weighted by molar-refractivity contribution is 5.89. The molecule has 3 rings (SSSR count). The Kier molecular flexibility index (Phi) is 2.26. The number of carboxylic acids is 1. The van der Waals surface area contributed by atoms with Gasteiger partial charge in [-0.2, -0.15) is 0 Å². The van der Waals surface area contributed by atoms with Gasteiger partial charge < -0.3 is 5.11 Å². The van der Waals surface area contributed by atoms with Gasteiger partial charge in [-0.15, -0.1) is 0 Å². The number of aliphatic carboxylic acids is 1. The van der Waals surface area contributed by atoms with Crippen LogP contribution >= 0.6 is 0 Å². The van der Waals surface area contributed by atoms with Crippen molar-refractivity contribution >= 4 is 11.8 Å². The summed E-state index contributed by atoms with van der Waals surface area (Å²) < 4.78 is 0. The molecule has 1 saturated carbocycles. The summed E-state index contributed by atoms with van der Waals surface area (Å²) in [6, 6.07) is -0.0612. The summed E-state index contributed by atoms with van der Waals surface area (Å²) in [5, 5.41) is 10.7. The van der Waals surface area contributed by atoms with Crippen molar-refractivity contribution in [3.63, 3.8) is 0 Å². The van der Waals surface area contributed by atoms with Crippen LogP contribution in [0.2, 0.25) is 0 Å². The first-order valence-electron chi connectivity index (χ1n) is 6.04. The zero-order valence-corrected chi connectivity index (χ0v) is 9.68. The van der Waals surface area contributed by atoms with Crippen molar-refractivity contribution in [3.8, 4) is 0 Å². The first-order valence-corrected chi connectivity index (χ1v) is 6.04. The maximum atomic E-state index is 11.4. The first-order chi connectivity index (χ1) is 8.11. The smallest absolute Gasteiger partial charge is 0.354 e. The number of rotatable bonds is 2. The van der Waals surface area contributed by atoms with Crippen LogP contribution < -0.4 is 0 Å². The summed E-state index contributed by atoms with van der Waals surface area (Å²) in [7, 11) is 0. The number of fused-ring (bicyclic) bond motifs is 3. The van der Waals surface area contributed by atoms with E-state index in [4.69, 9.17) is 4.84 Å². The van der Waals surface area contributed by atoms with E-state index in [1.54, 1.807) is 0 Å². The van der Waals surface area contributed by atoms with E-state index in [0.29, 0.717) is 0 Å². The summed E-state index contributed by atoms with van der Waals surface area (Å²) in [5.41, 5.74) is 1.27. The molecule has 0 amide bonds. The van der Waals surface area contributed by atoms with Crippen LogP contribution in [0.5, 0.6) is 0 Å². The minimum Gasteiger partial charge on any atom is -0.477 e. The van der Waals surface area contributed by atoms with Crippen molar-refractivity contribution in [2.75, 3.05) is 0 Å². The standard InChI is InChI=1S/C12H15NO4/c1-6(14)11-9-7-4-2-3-5-8(7)10(12(15)16)13(9)17-11/h7,9,11H,2-5H2,1H3,(H,15,16)/t7-,9+,11?/m0/s1. The Balaban J connectivity index is 1.95. The minimum atomic E-state index is -0.934. The third-order valence-electron chi connectivity index (χ3n) is 4.01. The van der Waals surface area contributed by atoms with Crippen LogP contribution in [0.25, 0.3) is 0 Å². The molecule has 2 fully saturated rings. The predicted octanol–water partition coefficient (Wildman–Crippen LogP) is 1.10. The van der Waals surface area contributed by atoms with Crippen molar-refractivity contribution in [1.29, 1.82) is 0 Å². The molecule has 2 heterocycles. The molecule has 0 aromatic rings. The molecule has 0 aromatic carbocycles.